The Morgan fingerprint density at radius 3 is 2.56 bits per heavy atom. The number of carbonyl (C=O) groups is 1. The van der Waals surface area contributed by atoms with E-state index in [0.717, 1.165) is 15.8 Å². The van der Waals surface area contributed by atoms with E-state index in [1.54, 1.807) is 24.3 Å². The van der Waals surface area contributed by atoms with Crippen molar-refractivity contribution in [2.45, 2.75) is 20.0 Å². The Labute approximate surface area is 185 Å². The molecular formula is C19H14BrCl2NO2S2. The van der Waals surface area contributed by atoms with E-state index in [9.17, 15) is 4.79 Å². The highest BCUT2D eigenvalue weighted by Gasteiger charge is 2.33. The van der Waals surface area contributed by atoms with E-state index in [0.29, 0.717) is 25.0 Å². The number of rotatable bonds is 4. The van der Waals surface area contributed by atoms with Gasteiger partial charge in [0.1, 0.15) is 5.75 Å². The van der Waals surface area contributed by atoms with Gasteiger partial charge < -0.3 is 4.74 Å². The number of hydrogen-bond donors (Lipinski definition) is 0. The van der Waals surface area contributed by atoms with E-state index in [-0.39, 0.29) is 12.0 Å². The van der Waals surface area contributed by atoms with Gasteiger partial charge in [0.15, 0.2) is 4.32 Å². The molecule has 1 aliphatic rings. The van der Waals surface area contributed by atoms with E-state index in [1.807, 2.05) is 32.0 Å². The Morgan fingerprint density at radius 1 is 1.19 bits per heavy atom. The summed E-state index contributed by atoms with van der Waals surface area (Å²) in [7, 11) is 0. The first-order chi connectivity index (χ1) is 12.8. The van der Waals surface area contributed by atoms with Crippen LogP contribution in [0, 0.1) is 0 Å². The maximum atomic E-state index is 12.9. The van der Waals surface area contributed by atoms with E-state index in [1.165, 1.54) is 16.7 Å². The van der Waals surface area contributed by atoms with Crippen molar-refractivity contribution in [2.75, 3.05) is 4.90 Å². The number of hydrogen-bond acceptors (Lipinski definition) is 4. The molecule has 1 fully saturated rings. The molecule has 3 rings (SSSR count). The molecule has 27 heavy (non-hydrogen) atoms. The predicted molar refractivity (Wildman–Crippen MR) is 122 cm³/mol. The SMILES string of the molecule is CC(C)Oc1ccc(/C=C2/SC(=S)N(c3ccc(Cl)c(Cl)c3)C2=O)cc1Br. The lowest BCUT2D eigenvalue weighted by atomic mass is 10.2. The Morgan fingerprint density at radius 2 is 1.93 bits per heavy atom. The third-order valence-electron chi connectivity index (χ3n) is 3.57. The van der Waals surface area contributed by atoms with Crippen LogP contribution in [-0.2, 0) is 4.79 Å². The molecule has 8 heteroatoms. The Kier molecular flexibility index (Phi) is 6.54. The van der Waals surface area contributed by atoms with Gasteiger partial charge >= 0.3 is 0 Å². The number of ether oxygens (including phenoxy) is 1. The molecule has 0 aliphatic carbocycles. The minimum atomic E-state index is -0.193. The van der Waals surface area contributed by atoms with Crippen LogP contribution in [0.5, 0.6) is 5.75 Å². The molecule has 1 saturated heterocycles. The number of halogens is 3. The number of benzene rings is 2. The molecule has 0 N–H and O–H groups in total. The van der Waals surface area contributed by atoms with Crippen molar-refractivity contribution >= 4 is 85.1 Å². The van der Waals surface area contributed by atoms with Crippen LogP contribution in [0.3, 0.4) is 0 Å². The number of nitrogens with zero attached hydrogens (tertiary/aromatic N) is 1. The lowest BCUT2D eigenvalue weighted by Gasteiger charge is -2.15. The Balaban J connectivity index is 1.88. The largest absolute Gasteiger partial charge is 0.490 e. The van der Waals surface area contributed by atoms with E-state index < -0.39 is 0 Å². The van der Waals surface area contributed by atoms with Gasteiger partial charge in [0, 0.05) is 0 Å². The second-order valence-electron chi connectivity index (χ2n) is 5.97. The summed E-state index contributed by atoms with van der Waals surface area (Å²) >= 11 is 22.2. The maximum absolute atomic E-state index is 12.9. The zero-order chi connectivity index (χ0) is 19.7. The summed E-state index contributed by atoms with van der Waals surface area (Å²) in [6.45, 7) is 3.93. The highest BCUT2D eigenvalue weighted by atomic mass is 79.9. The summed E-state index contributed by atoms with van der Waals surface area (Å²) in [6.07, 6.45) is 1.88. The van der Waals surface area contributed by atoms with E-state index >= 15 is 0 Å². The summed E-state index contributed by atoms with van der Waals surface area (Å²) in [5.74, 6) is 0.563. The van der Waals surface area contributed by atoms with Crippen molar-refractivity contribution in [3.8, 4) is 5.75 Å². The van der Waals surface area contributed by atoms with Crippen LogP contribution in [0.4, 0.5) is 5.69 Å². The molecule has 1 amide bonds. The molecule has 0 spiro atoms. The minimum absolute atomic E-state index is 0.0783. The van der Waals surface area contributed by atoms with Crippen molar-refractivity contribution in [1.29, 1.82) is 0 Å². The van der Waals surface area contributed by atoms with Gasteiger partial charge in [-0.2, -0.15) is 0 Å². The number of anilines is 1. The minimum Gasteiger partial charge on any atom is -0.490 e. The van der Waals surface area contributed by atoms with Crippen LogP contribution < -0.4 is 9.64 Å². The molecule has 1 aliphatic heterocycles. The first-order valence-corrected chi connectivity index (χ1v) is 10.7. The first kappa shape index (κ1) is 20.7. The van der Waals surface area contributed by atoms with Crippen molar-refractivity contribution in [3.05, 3.63) is 61.4 Å². The van der Waals surface area contributed by atoms with Gasteiger partial charge in [-0.15, -0.1) is 0 Å². The van der Waals surface area contributed by atoms with Crippen LogP contribution in [0.1, 0.15) is 19.4 Å². The number of amides is 1. The number of thioether (sulfide) groups is 1. The van der Waals surface area contributed by atoms with Gasteiger partial charge in [-0.25, -0.2) is 0 Å². The average Bonchev–Trinajstić information content (AvgIpc) is 2.86. The van der Waals surface area contributed by atoms with Gasteiger partial charge in [-0.3, -0.25) is 9.69 Å². The van der Waals surface area contributed by atoms with Crippen LogP contribution in [0.25, 0.3) is 6.08 Å². The fourth-order valence-electron chi connectivity index (χ4n) is 2.42. The number of thiocarbonyl (C=S) groups is 1. The van der Waals surface area contributed by atoms with Gasteiger partial charge in [0.05, 0.1) is 31.2 Å². The van der Waals surface area contributed by atoms with Crippen LogP contribution in [0.2, 0.25) is 10.0 Å². The monoisotopic (exact) mass is 501 g/mol. The lowest BCUT2D eigenvalue weighted by Crippen LogP contribution is -2.27. The quantitative estimate of drug-likeness (QED) is 0.334. The summed E-state index contributed by atoms with van der Waals surface area (Å²) in [6, 6.07) is 10.7. The zero-order valence-electron chi connectivity index (χ0n) is 14.3. The highest BCUT2D eigenvalue weighted by molar-refractivity contribution is 9.10. The fourth-order valence-corrected chi connectivity index (χ4v) is 4.50. The number of carbonyl (C=O) groups excluding carboxylic acids is 1. The molecule has 3 nitrogen and oxygen atoms in total. The standard InChI is InChI=1S/C19H14BrCl2NO2S2/c1-10(2)25-16-6-3-11(7-13(16)20)8-17-18(24)23(19(26)27-17)12-4-5-14(21)15(22)9-12/h3-10H,1-2H3/b17-8+. The summed E-state index contributed by atoms with van der Waals surface area (Å²) in [5, 5.41) is 0.798. The van der Waals surface area contributed by atoms with Crippen molar-refractivity contribution in [3.63, 3.8) is 0 Å². The van der Waals surface area contributed by atoms with Crippen LogP contribution in [-0.4, -0.2) is 16.3 Å². The first-order valence-electron chi connectivity index (χ1n) is 7.95. The zero-order valence-corrected chi connectivity index (χ0v) is 19.1. The van der Waals surface area contributed by atoms with Crippen molar-refractivity contribution < 1.29 is 9.53 Å². The molecule has 1 heterocycles. The third-order valence-corrected chi connectivity index (χ3v) is 6.23. The summed E-state index contributed by atoms with van der Waals surface area (Å²) in [5.41, 5.74) is 1.46. The van der Waals surface area contributed by atoms with Crippen LogP contribution in [0.15, 0.2) is 45.8 Å². The third kappa shape index (κ3) is 4.69. The molecular weight excluding hydrogens is 489 g/mol. The van der Waals surface area contributed by atoms with Gasteiger partial charge in [0.25, 0.3) is 5.91 Å². The average molecular weight is 503 g/mol. The van der Waals surface area contributed by atoms with Gasteiger partial charge in [-0.1, -0.05) is 53.2 Å². The molecule has 0 radical (unpaired) electrons. The van der Waals surface area contributed by atoms with Crippen molar-refractivity contribution in [2.24, 2.45) is 0 Å². The second kappa shape index (κ2) is 8.53. The molecule has 0 unspecified atom stereocenters. The highest BCUT2D eigenvalue weighted by Crippen LogP contribution is 2.38. The van der Waals surface area contributed by atoms with Crippen molar-refractivity contribution in [1.82, 2.24) is 0 Å². The summed E-state index contributed by atoms with van der Waals surface area (Å²) < 4.78 is 6.98. The van der Waals surface area contributed by atoms with Gasteiger partial charge in [0.2, 0.25) is 0 Å². The molecule has 2 aromatic rings. The maximum Gasteiger partial charge on any atom is 0.270 e. The van der Waals surface area contributed by atoms with Crippen LogP contribution >= 0.6 is 63.1 Å². The Hall–Kier alpha value is -1.05. The molecule has 2 aromatic carbocycles. The molecule has 140 valence electrons. The molecule has 0 saturated carbocycles. The van der Waals surface area contributed by atoms with E-state index in [2.05, 4.69) is 15.9 Å². The van der Waals surface area contributed by atoms with Gasteiger partial charge in [-0.05, 0) is 71.7 Å². The topological polar surface area (TPSA) is 29.5 Å². The Bertz CT molecular complexity index is 963. The molecule has 0 bridgehead atoms. The second-order valence-corrected chi connectivity index (χ2v) is 9.32. The predicted octanol–water partition coefficient (Wildman–Crippen LogP) is 6.95. The summed E-state index contributed by atoms with van der Waals surface area (Å²) in [4.78, 5) is 14.8. The molecule has 0 atom stereocenters. The van der Waals surface area contributed by atoms with E-state index in [4.69, 9.17) is 40.2 Å². The molecule has 0 aromatic heterocycles. The lowest BCUT2D eigenvalue weighted by molar-refractivity contribution is -0.113. The smallest absolute Gasteiger partial charge is 0.270 e. The fraction of sp³-hybridized carbons (Fsp3) is 0.158. The normalized spacial score (nSPS) is 15.9.